The second kappa shape index (κ2) is 15.5. The number of likely N-dealkylation sites (N-methyl/N-ethyl adjacent to an activating group) is 3. The number of carbonyl (C=O) groups excluding carboxylic acids is 3. The first-order valence-corrected chi connectivity index (χ1v) is 13.1. The SMILES string of the molecule is CCC[C@@H](NC)C(=O)C(CC(C)O)(C(=O)[C@H](NC)[C@@H](C)CC)C(CC(C)O)(OC(=O)[C@@H](C)NC)C(=O)O. The van der Waals surface area contributed by atoms with Gasteiger partial charge in [0.25, 0.3) is 0 Å². The number of esters is 1. The van der Waals surface area contributed by atoms with E-state index in [1.165, 1.54) is 41.9 Å². The molecular formula is C26H49N3O8. The van der Waals surface area contributed by atoms with Crippen LogP contribution in [0, 0.1) is 11.3 Å². The van der Waals surface area contributed by atoms with E-state index in [1.807, 2.05) is 13.8 Å². The van der Waals surface area contributed by atoms with Gasteiger partial charge in [-0.25, -0.2) is 4.79 Å². The predicted octanol–water partition coefficient (Wildman–Crippen LogP) is 0.650. The van der Waals surface area contributed by atoms with E-state index in [4.69, 9.17) is 4.74 Å². The standard InChI is InChI=1S/C26H49N3O8/c1-10-12-19(28-8)21(32)25(13-16(4)30,22(33)20(29-9)15(3)11-2)26(24(35)36,14-17(5)31)37-23(34)18(6)27-7/h15-20,27-31H,10-14H2,1-9H3,(H,35,36)/t15-,16?,17?,18+,19+,20+,25?,26?/m0/s1. The summed E-state index contributed by atoms with van der Waals surface area (Å²) in [5, 5.41) is 40.3. The van der Waals surface area contributed by atoms with Crippen LogP contribution in [-0.2, 0) is 23.9 Å². The fourth-order valence-electron chi connectivity index (χ4n) is 4.91. The molecule has 0 spiro atoms. The van der Waals surface area contributed by atoms with Crippen LogP contribution in [0.15, 0.2) is 0 Å². The third kappa shape index (κ3) is 7.79. The molecule has 0 heterocycles. The molecule has 37 heavy (non-hydrogen) atoms. The van der Waals surface area contributed by atoms with Gasteiger partial charge in [0.05, 0.1) is 24.3 Å². The van der Waals surface area contributed by atoms with Crippen LogP contribution in [0.25, 0.3) is 0 Å². The van der Waals surface area contributed by atoms with E-state index in [9.17, 15) is 34.5 Å². The van der Waals surface area contributed by atoms with E-state index in [1.54, 1.807) is 6.92 Å². The van der Waals surface area contributed by atoms with Crippen LogP contribution >= 0.6 is 0 Å². The number of aliphatic hydroxyl groups excluding tert-OH is 2. The molecule has 0 bridgehead atoms. The summed E-state index contributed by atoms with van der Waals surface area (Å²) in [7, 11) is 4.52. The zero-order valence-electron chi connectivity index (χ0n) is 23.9. The van der Waals surface area contributed by atoms with Crippen molar-refractivity contribution in [1.29, 1.82) is 0 Å². The highest BCUT2D eigenvalue weighted by molar-refractivity contribution is 6.16. The highest BCUT2D eigenvalue weighted by atomic mass is 16.6. The smallest absolute Gasteiger partial charge is 0.349 e. The lowest BCUT2D eigenvalue weighted by atomic mass is 9.57. The summed E-state index contributed by atoms with van der Waals surface area (Å²) < 4.78 is 5.68. The Kier molecular flexibility index (Phi) is 14.7. The summed E-state index contributed by atoms with van der Waals surface area (Å²) in [6.07, 6.45) is -2.75. The quantitative estimate of drug-likeness (QED) is 0.102. The van der Waals surface area contributed by atoms with Gasteiger partial charge in [0.2, 0.25) is 5.60 Å². The van der Waals surface area contributed by atoms with E-state index in [0.717, 1.165) is 0 Å². The molecule has 0 aromatic rings. The van der Waals surface area contributed by atoms with Crippen LogP contribution in [0.4, 0.5) is 0 Å². The summed E-state index contributed by atoms with van der Waals surface area (Å²) >= 11 is 0. The molecule has 11 nitrogen and oxygen atoms in total. The van der Waals surface area contributed by atoms with Crippen molar-refractivity contribution in [3.63, 3.8) is 0 Å². The van der Waals surface area contributed by atoms with Crippen molar-refractivity contribution >= 4 is 23.5 Å². The molecule has 0 fully saturated rings. The number of ketones is 2. The van der Waals surface area contributed by atoms with Crippen LogP contribution < -0.4 is 16.0 Å². The summed E-state index contributed by atoms with van der Waals surface area (Å²) in [6.45, 7) is 9.54. The zero-order valence-corrected chi connectivity index (χ0v) is 23.9. The van der Waals surface area contributed by atoms with Crippen LogP contribution in [-0.4, -0.2) is 95.9 Å². The molecule has 0 aliphatic carbocycles. The Bertz CT molecular complexity index is 775. The van der Waals surface area contributed by atoms with Gasteiger partial charge in [-0.3, -0.25) is 14.4 Å². The van der Waals surface area contributed by atoms with Crippen molar-refractivity contribution < 1.29 is 39.2 Å². The predicted molar refractivity (Wildman–Crippen MR) is 140 cm³/mol. The number of carbonyl (C=O) groups is 4. The fourth-order valence-corrected chi connectivity index (χ4v) is 4.91. The number of aliphatic hydroxyl groups is 2. The molecule has 4 unspecified atom stereocenters. The second-order valence-corrected chi connectivity index (χ2v) is 10.1. The largest absolute Gasteiger partial charge is 0.478 e. The summed E-state index contributed by atoms with van der Waals surface area (Å²) in [6, 6.07) is -2.96. The summed E-state index contributed by atoms with van der Waals surface area (Å²) in [4.78, 5) is 55.4. The average Bonchev–Trinajstić information content (AvgIpc) is 2.83. The molecule has 8 atom stereocenters. The summed E-state index contributed by atoms with van der Waals surface area (Å²) in [5.41, 5.74) is -5.34. The van der Waals surface area contributed by atoms with Crippen LogP contribution in [0.2, 0.25) is 0 Å². The monoisotopic (exact) mass is 531 g/mol. The highest BCUT2D eigenvalue weighted by Crippen LogP contribution is 2.47. The summed E-state index contributed by atoms with van der Waals surface area (Å²) in [5.74, 6) is -4.71. The van der Waals surface area contributed by atoms with Gasteiger partial charge in [0.15, 0.2) is 11.6 Å². The van der Waals surface area contributed by atoms with Crippen molar-refractivity contribution in [3.8, 4) is 0 Å². The minimum absolute atomic E-state index is 0.267. The number of carboxylic acids is 1. The van der Waals surface area contributed by atoms with Gasteiger partial charge >= 0.3 is 11.9 Å². The zero-order chi connectivity index (χ0) is 29.1. The molecule has 0 aliphatic rings. The molecule has 6 N–H and O–H groups in total. The van der Waals surface area contributed by atoms with Crippen LogP contribution in [0.1, 0.15) is 73.6 Å². The Hall–Kier alpha value is -1.92. The van der Waals surface area contributed by atoms with Gasteiger partial charge in [-0.15, -0.1) is 0 Å². The van der Waals surface area contributed by atoms with Gasteiger partial charge in [-0.2, -0.15) is 0 Å². The Morgan fingerprint density at radius 2 is 1.38 bits per heavy atom. The molecule has 0 aliphatic heterocycles. The fraction of sp³-hybridized carbons (Fsp3) is 0.846. The normalized spacial score (nSPS) is 19.9. The Morgan fingerprint density at radius 1 is 0.838 bits per heavy atom. The Balaban J connectivity index is 7.93. The lowest BCUT2D eigenvalue weighted by Crippen LogP contribution is -2.71. The van der Waals surface area contributed by atoms with Crippen molar-refractivity contribution in [2.45, 2.75) is 110 Å². The number of rotatable bonds is 19. The van der Waals surface area contributed by atoms with Gasteiger partial charge in [-0.1, -0.05) is 33.6 Å². The van der Waals surface area contributed by atoms with Crippen molar-refractivity contribution in [3.05, 3.63) is 0 Å². The molecule has 0 radical (unpaired) electrons. The van der Waals surface area contributed by atoms with E-state index in [2.05, 4.69) is 16.0 Å². The molecule has 0 saturated heterocycles. The number of hydrogen-bond acceptors (Lipinski definition) is 10. The Labute approximate surface area is 221 Å². The van der Waals surface area contributed by atoms with Gasteiger partial charge in [-0.05, 0) is 60.7 Å². The first-order valence-electron chi connectivity index (χ1n) is 13.1. The molecule has 11 heteroatoms. The molecule has 0 rings (SSSR count). The molecule has 216 valence electrons. The van der Waals surface area contributed by atoms with Crippen LogP contribution in [0.3, 0.4) is 0 Å². The van der Waals surface area contributed by atoms with E-state index >= 15 is 0 Å². The van der Waals surface area contributed by atoms with Gasteiger partial charge < -0.3 is 36.0 Å². The number of Topliss-reactive ketones (excluding diaryl/α,β-unsaturated/α-hetero) is 2. The maximum absolute atomic E-state index is 14.6. The topological polar surface area (TPSA) is 174 Å². The number of ether oxygens (including phenoxy) is 1. The average molecular weight is 532 g/mol. The van der Waals surface area contributed by atoms with Gasteiger partial charge in [0, 0.05) is 6.42 Å². The minimum atomic E-state index is -2.81. The Morgan fingerprint density at radius 3 is 1.73 bits per heavy atom. The highest BCUT2D eigenvalue weighted by Gasteiger charge is 2.70. The minimum Gasteiger partial charge on any atom is -0.478 e. The first-order chi connectivity index (χ1) is 17.2. The lowest BCUT2D eigenvalue weighted by Gasteiger charge is -2.49. The van der Waals surface area contributed by atoms with Crippen molar-refractivity contribution in [1.82, 2.24) is 16.0 Å². The van der Waals surface area contributed by atoms with E-state index < -0.39 is 77.7 Å². The van der Waals surface area contributed by atoms with Gasteiger partial charge in [0.1, 0.15) is 11.5 Å². The molecule has 0 saturated carbocycles. The number of aliphatic carboxylic acids is 1. The lowest BCUT2D eigenvalue weighted by molar-refractivity contribution is -0.209. The van der Waals surface area contributed by atoms with E-state index in [0.29, 0.717) is 12.8 Å². The van der Waals surface area contributed by atoms with E-state index in [-0.39, 0.29) is 12.3 Å². The third-order valence-corrected chi connectivity index (χ3v) is 7.17. The van der Waals surface area contributed by atoms with Crippen LogP contribution in [0.5, 0.6) is 0 Å². The second-order valence-electron chi connectivity index (χ2n) is 10.1. The maximum Gasteiger partial charge on any atom is 0.349 e. The third-order valence-electron chi connectivity index (χ3n) is 7.17. The number of carboxylic acid groups (broad SMARTS) is 1. The molecule has 0 aromatic heterocycles. The van der Waals surface area contributed by atoms with Crippen molar-refractivity contribution in [2.24, 2.45) is 11.3 Å². The molecule has 0 amide bonds. The molecular weight excluding hydrogens is 482 g/mol. The first kappa shape index (κ1) is 35.1. The molecule has 0 aromatic carbocycles. The number of nitrogens with one attached hydrogen (secondary N) is 3. The van der Waals surface area contributed by atoms with Crippen molar-refractivity contribution in [2.75, 3.05) is 21.1 Å². The number of hydrogen-bond donors (Lipinski definition) is 6. The maximum atomic E-state index is 14.6.